The summed E-state index contributed by atoms with van der Waals surface area (Å²) in [4.78, 5) is 12.6. The number of hydrogen-bond donors (Lipinski definition) is 2. The van der Waals surface area contributed by atoms with E-state index in [9.17, 15) is 9.90 Å². The highest BCUT2D eigenvalue weighted by molar-refractivity contribution is 6.27. The van der Waals surface area contributed by atoms with Gasteiger partial charge in [0.1, 0.15) is 17.4 Å². The van der Waals surface area contributed by atoms with Crippen LogP contribution in [-0.4, -0.2) is 33.9 Å². The van der Waals surface area contributed by atoms with Crippen LogP contribution in [0.5, 0.6) is 11.5 Å². The largest absolute Gasteiger partial charge is 0.508 e. The first-order chi connectivity index (χ1) is 7.04. The van der Waals surface area contributed by atoms with Gasteiger partial charge in [-0.05, 0) is 12.1 Å². The summed E-state index contributed by atoms with van der Waals surface area (Å²) in [6, 6.07) is 4.24. The number of phenolic OH excluding ortho intramolecular Hbond substituents is 2. The van der Waals surface area contributed by atoms with Crippen LogP contribution in [0.2, 0.25) is 0 Å². The normalized spacial score (nSPS) is 10.0. The van der Waals surface area contributed by atoms with Gasteiger partial charge in [-0.1, -0.05) is 0 Å². The Morgan fingerprint density at radius 2 is 2.13 bits per heavy atom. The highest BCUT2D eigenvalue weighted by Crippen LogP contribution is 2.23. The van der Waals surface area contributed by atoms with Gasteiger partial charge in [0, 0.05) is 25.2 Å². The predicted molar refractivity (Wildman–Crippen MR) is 57.0 cm³/mol. The van der Waals surface area contributed by atoms with E-state index in [-0.39, 0.29) is 29.8 Å². The van der Waals surface area contributed by atoms with Gasteiger partial charge in [0.15, 0.2) is 0 Å². The average molecular weight is 230 g/mol. The molecule has 1 rings (SSSR count). The lowest BCUT2D eigenvalue weighted by molar-refractivity contribution is -0.127. The fourth-order valence-electron chi connectivity index (χ4n) is 1.13. The molecule has 0 spiro atoms. The Labute approximate surface area is 92.7 Å². The molecule has 0 saturated carbocycles. The Kier molecular flexibility index (Phi) is 3.80. The monoisotopic (exact) mass is 229 g/mol. The van der Waals surface area contributed by atoms with Gasteiger partial charge in [-0.15, -0.1) is 11.6 Å². The molecule has 5 heteroatoms. The highest BCUT2D eigenvalue weighted by Gasteiger charge is 2.10. The second kappa shape index (κ2) is 4.89. The number of rotatable bonds is 3. The van der Waals surface area contributed by atoms with Crippen molar-refractivity contribution in [3.8, 4) is 11.5 Å². The number of phenols is 2. The molecule has 0 unspecified atom stereocenters. The zero-order valence-electron chi connectivity index (χ0n) is 8.27. The van der Waals surface area contributed by atoms with E-state index in [1.54, 1.807) is 13.1 Å². The van der Waals surface area contributed by atoms with Gasteiger partial charge in [-0.3, -0.25) is 4.79 Å². The van der Waals surface area contributed by atoms with Crippen molar-refractivity contribution in [1.29, 1.82) is 0 Å². The fraction of sp³-hybridized carbons (Fsp3) is 0.300. The molecule has 0 radical (unpaired) electrons. The second-order valence-electron chi connectivity index (χ2n) is 3.20. The Hall–Kier alpha value is -1.42. The van der Waals surface area contributed by atoms with Crippen LogP contribution in [0.15, 0.2) is 18.2 Å². The number of halogens is 1. The van der Waals surface area contributed by atoms with Gasteiger partial charge < -0.3 is 15.1 Å². The van der Waals surface area contributed by atoms with Gasteiger partial charge in [0.05, 0.1) is 0 Å². The maximum Gasteiger partial charge on any atom is 0.237 e. The van der Waals surface area contributed by atoms with Crippen LogP contribution in [0.25, 0.3) is 0 Å². The third-order valence-corrected chi connectivity index (χ3v) is 2.25. The minimum absolute atomic E-state index is 0.0115. The molecule has 15 heavy (non-hydrogen) atoms. The molecule has 1 aromatic rings. The number of amides is 1. The quantitative estimate of drug-likeness (QED) is 0.768. The van der Waals surface area contributed by atoms with E-state index in [1.165, 1.54) is 17.0 Å². The molecular weight excluding hydrogens is 218 g/mol. The lowest BCUT2D eigenvalue weighted by Gasteiger charge is -2.16. The molecule has 0 aliphatic heterocycles. The van der Waals surface area contributed by atoms with Crippen LogP contribution in [0, 0.1) is 0 Å². The molecule has 0 heterocycles. The number of carbonyl (C=O) groups excluding carboxylic acids is 1. The first-order valence-corrected chi connectivity index (χ1v) is 4.89. The van der Waals surface area contributed by atoms with Crippen molar-refractivity contribution in [2.45, 2.75) is 6.54 Å². The van der Waals surface area contributed by atoms with E-state index in [1.807, 2.05) is 0 Å². The predicted octanol–water partition coefficient (Wildman–Crippen LogP) is 1.29. The van der Waals surface area contributed by atoms with Gasteiger partial charge in [0.2, 0.25) is 5.91 Å². The van der Waals surface area contributed by atoms with Crippen LogP contribution in [0.4, 0.5) is 0 Å². The first kappa shape index (κ1) is 11.7. The van der Waals surface area contributed by atoms with Gasteiger partial charge in [0.25, 0.3) is 0 Å². The molecule has 0 atom stereocenters. The molecule has 0 bridgehead atoms. The van der Waals surface area contributed by atoms with E-state index in [2.05, 4.69) is 0 Å². The average Bonchev–Trinajstić information content (AvgIpc) is 2.20. The van der Waals surface area contributed by atoms with Crippen molar-refractivity contribution in [3.63, 3.8) is 0 Å². The Bertz CT molecular complexity index is 368. The van der Waals surface area contributed by atoms with E-state index >= 15 is 0 Å². The Morgan fingerprint density at radius 1 is 1.47 bits per heavy atom. The summed E-state index contributed by atoms with van der Waals surface area (Å²) in [5, 5.41) is 18.5. The maximum atomic E-state index is 11.2. The summed E-state index contributed by atoms with van der Waals surface area (Å²) >= 11 is 5.38. The van der Waals surface area contributed by atoms with Crippen LogP contribution < -0.4 is 0 Å². The summed E-state index contributed by atoms with van der Waals surface area (Å²) in [6.07, 6.45) is 0. The first-order valence-electron chi connectivity index (χ1n) is 4.35. The molecule has 82 valence electrons. The van der Waals surface area contributed by atoms with Crippen molar-refractivity contribution in [3.05, 3.63) is 23.8 Å². The summed E-state index contributed by atoms with van der Waals surface area (Å²) < 4.78 is 0. The number of benzene rings is 1. The van der Waals surface area contributed by atoms with E-state index in [0.29, 0.717) is 5.56 Å². The molecule has 2 N–H and O–H groups in total. The number of carbonyl (C=O) groups is 1. The van der Waals surface area contributed by atoms with Crippen LogP contribution in [0.3, 0.4) is 0 Å². The third kappa shape index (κ3) is 3.02. The Balaban J connectivity index is 2.76. The van der Waals surface area contributed by atoms with Crippen molar-refractivity contribution in [2.75, 3.05) is 12.9 Å². The molecule has 0 saturated heterocycles. The smallest absolute Gasteiger partial charge is 0.237 e. The van der Waals surface area contributed by atoms with Gasteiger partial charge in [-0.2, -0.15) is 0 Å². The van der Waals surface area contributed by atoms with Crippen LogP contribution in [0.1, 0.15) is 5.56 Å². The molecule has 1 amide bonds. The lowest BCUT2D eigenvalue weighted by atomic mass is 10.2. The second-order valence-corrected chi connectivity index (χ2v) is 3.46. The summed E-state index contributed by atoms with van der Waals surface area (Å²) in [7, 11) is 1.59. The molecular formula is C10H12ClNO3. The number of hydrogen-bond acceptors (Lipinski definition) is 3. The van der Waals surface area contributed by atoms with Crippen molar-refractivity contribution < 1.29 is 15.0 Å². The SMILES string of the molecule is CN(Cc1ccc(O)cc1O)C(=O)CCl. The molecule has 0 aliphatic rings. The molecule has 1 aromatic carbocycles. The molecule has 0 aliphatic carbocycles. The minimum atomic E-state index is -0.218. The zero-order valence-corrected chi connectivity index (χ0v) is 9.03. The summed E-state index contributed by atoms with van der Waals surface area (Å²) in [5.41, 5.74) is 0.564. The fourth-order valence-corrected chi connectivity index (χ4v) is 1.34. The van der Waals surface area contributed by atoms with Crippen molar-refractivity contribution in [2.24, 2.45) is 0 Å². The number of alkyl halides is 1. The maximum absolute atomic E-state index is 11.2. The summed E-state index contributed by atoms with van der Waals surface area (Å²) in [6.45, 7) is 0.262. The topological polar surface area (TPSA) is 60.8 Å². The third-order valence-electron chi connectivity index (χ3n) is 2.02. The standard InChI is InChI=1S/C10H12ClNO3/c1-12(10(15)5-11)6-7-2-3-8(13)4-9(7)14/h2-4,13-14H,5-6H2,1H3. The van der Waals surface area contributed by atoms with Crippen molar-refractivity contribution in [1.82, 2.24) is 4.90 Å². The molecule has 4 nitrogen and oxygen atoms in total. The van der Waals surface area contributed by atoms with Crippen LogP contribution >= 0.6 is 11.6 Å². The number of aromatic hydroxyl groups is 2. The van der Waals surface area contributed by atoms with E-state index in [0.717, 1.165) is 0 Å². The van der Waals surface area contributed by atoms with Crippen LogP contribution in [-0.2, 0) is 11.3 Å². The van der Waals surface area contributed by atoms with Gasteiger partial charge >= 0.3 is 0 Å². The zero-order chi connectivity index (χ0) is 11.4. The Morgan fingerprint density at radius 3 is 2.67 bits per heavy atom. The molecule has 0 fully saturated rings. The van der Waals surface area contributed by atoms with E-state index in [4.69, 9.17) is 16.7 Å². The van der Waals surface area contributed by atoms with E-state index < -0.39 is 0 Å². The molecule has 0 aromatic heterocycles. The summed E-state index contributed by atoms with van der Waals surface area (Å²) in [5.74, 6) is -0.356. The minimum Gasteiger partial charge on any atom is -0.508 e. The number of nitrogens with zero attached hydrogens (tertiary/aromatic N) is 1. The van der Waals surface area contributed by atoms with Gasteiger partial charge in [-0.25, -0.2) is 0 Å². The lowest BCUT2D eigenvalue weighted by Crippen LogP contribution is -2.27. The van der Waals surface area contributed by atoms with Crippen molar-refractivity contribution >= 4 is 17.5 Å². The highest BCUT2D eigenvalue weighted by atomic mass is 35.5.